The first-order valence-corrected chi connectivity index (χ1v) is 7.96. The molecule has 0 spiro atoms. The topological polar surface area (TPSA) is 46.3 Å². The van der Waals surface area contributed by atoms with Gasteiger partial charge in [0.25, 0.3) is 0 Å². The highest BCUT2D eigenvalue weighted by molar-refractivity contribution is 8.00. The van der Waals surface area contributed by atoms with Gasteiger partial charge in [-0.2, -0.15) is 0 Å². The van der Waals surface area contributed by atoms with Crippen LogP contribution in [0.3, 0.4) is 0 Å². The molecular weight excluding hydrogens is 275 g/mol. The molecule has 2 rings (SSSR count). The number of nitrogen functional groups attached to an aromatic ring is 1. The van der Waals surface area contributed by atoms with Gasteiger partial charge in [0, 0.05) is 23.7 Å². The van der Waals surface area contributed by atoms with Crippen molar-refractivity contribution in [1.29, 1.82) is 0 Å². The number of anilines is 1. The van der Waals surface area contributed by atoms with E-state index in [0.29, 0.717) is 10.6 Å². The molecule has 1 heterocycles. The number of halogens is 1. The van der Waals surface area contributed by atoms with Crippen LogP contribution in [0.25, 0.3) is 0 Å². The molecule has 3 nitrogen and oxygen atoms in total. The van der Waals surface area contributed by atoms with E-state index in [0.717, 1.165) is 25.9 Å². The van der Waals surface area contributed by atoms with Crippen molar-refractivity contribution in [2.75, 3.05) is 18.8 Å². The minimum atomic E-state index is -0.356. The lowest BCUT2D eigenvalue weighted by Crippen LogP contribution is -2.37. The van der Waals surface area contributed by atoms with E-state index in [1.54, 1.807) is 12.1 Å². The second kappa shape index (κ2) is 6.97. The third-order valence-electron chi connectivity index (χ3n) is 3.53. The van der Waals surface area contributed by atoms with Gasteiger partial charge >= 0.3 is 0 Å². The van der Waals surface area contributed by atoms with Crippen LogP contribution in [-0.4, -0.2) is 29.1 Å². The molecule has 1 atom stereocenters. The zero-order valence-corrected chi connectivity index (χ0v) is 12.6. The number of nitrogens with zero attached hydrogens (tertiary/aromatic N) is 1. The maximum atomic E-state index is 13.8. The van der Waals surface area contributed by atoms with E-state index in [2.05, 4.69) is 0 Å². The van der Waals surface area contributed by atoms with Crippen LogP contribution in [0.1, 0.15) is 32.6 Å². The Morgan fingerprint density at radius 2 is 1.95 bits per heavy atom. The Kier molecular flexibility index (Phi) is 5.29. The molecule has 1 aliphatic rings. The van der Waals surface area contributed by atoms with Crippen molar-refractivity contribution in [3.05, 3.63) is 24.0 Å². The van der Waals surface area contributed by atoms with E-state index in [1.807, 2.05) is 11.8 Å². The van der Waals surface area contributed by atoms with Gasteiger partial charge in [0.15, 0.2) is 0 Å². The summed E-state index contributed by atoms with van der Waals surface area (Å²) in [6.07, 6.45) is 4.52. The number of nitrogens with two attached hydrogens (primary N) is 1. The first-order valence-electron chi connectivity index (χ1n) is 7.08. The molecule has 0 aliphatic carbocycles. The highest BCUT2D eigenvalue weighted by Gasteiger charge is 2.23. The Labute approximate surface area is 123 Å². The largest absolute Gasteiger partial charge is 0.399 e. The normalized spacial score (nSPS) is 17.6. The number of likely N-dealkylation sites (tertiary alicyclic amines) is 1. The van der Waals surface area contributed by atoms with Gasteiger partial charge in [-0.25, -0.2) is 4.39 Å². The molecule has 0 aromatic heterocycles. The predicted molar refractivity (Wildman–Crippen MR) is 81.2 cm³/mol. The van der Waals surface area contributed by atoms with E-state index < -0.39 is 0 Å². The molecule has 1 aromatic rings. The van der Waals surface area contributed by atoms with Crippen molar-refractivity contribution >= 4 is 23.4 Å². The van der Waals surface area contributed by atoms with Crippen molar-refractivity contribution in [3.63, 3.8) is 0 Å². The lowest BCUT2D eigenvalue weighted by molar-refractivity contribution is -0.130. The number of carbonyl (C=O) groups is 1. The van der Waals surface area contributed by atoms with Gasteiger partial charge in [0.1, 0.15) is 5.82 Å². The van der Waals surface area contributed by atoms with Crippen LogP contribution in [0, 0.1) is 5.82 Å². The van der Waals surface area contributed by atoms with E-state index in [1.165, 1.54) is 30.7 Å². The standard InChI is InChI=1S/C15H21FN2OS/c1-11(15(19)18-8-4-2-3-5-9-18)20-14-7-6-12(17)10-13(14)16/h6-7,10-11H,2-5,8-9,17H2,1H3. The zero-order chi connectivity index (χ0) is 14.5. The molecule has 20 heavy (non-hydrogen) atoms. The summed E-state index contributed by atoms with van der Waals surface area (Å²) in [5.41, 5.74) is 5.93. The van der Waals surface area contributed by atoms with Crippen molar-refractivity contribution < 1.29 is 9.18 Å². The molecule has 110 valence electrons. The Morgan fingerprint density at radius 3 is 2.55 bits per heavy atom. The number of carbonyl (C=O) groups excluding carboxylic acids is 1. The average Bonchev–Trinajstić information content (AvgIpc) is 2.70. The third kappa shape index (κ3) is 3.88. The molecule has 0 radical (unpaired) electrons. The number of hydrogen-bond acceptors (Lipinski definition) is 3. The van der Waals surface area contributed by atoms with Crippen LogP contribution in [0.4, 0.5) is 10.1 Å². The minimum absolute atomic E-state index is 0.105. The zero-order valence-electron chi connectivity index (χ0n) is 11.8. The van der Waals surface area contributed by atoms with E-state index in [-0.39, 0.29) is 17.0 Å². The summed E-state index contributed by atoms with van der Waals surface area (Å²) in [7, 11) is 0. The monoisotopic (exact) mass is 296 g/mol. The van der Waals surface area contributed by atoms with Gasteiger partial charge < -0.3 is 10.6 Å². The first kappa shape index (κ1) is 15.2. The lowest BCUT2D eigenvalue weighted by Gasteiger charge is -2.24. The maximum Gasteiger partial charge on any atom is 0.235 e. The summed E-state index contributed by atoms with van der Waals surface area (Å²) in [6.45, 7) is 3.50. The number of rotatable bonds is 3. The van der Waals surface area contributed by atoms with Crippen molar-refractivity contribution in [2.45, 2.75) is 42.8 Å². The van der Waals surface area contributed by atoms with Crippen molar-refractivity contribution in [1.82, 2.24) is 4.90 Å². The average molecular weight is 296 g/mol. The number of amides is 1. The van der Waals surface area contributed by atoms with Crippen LogP contribution < -0.4 is 5.73 Å². The molecule has 1 unspecified atom stereocenters. The van der Waals surface area contributed by atoms with Crippen molar-refractivity contribution in [2.24, 2.45) is 0 Å². The summed E-state index contributed by atoms with van der Waals surface area (Å²) in [4.78, 5) is 14.8. The van der Waals surface area contributed by atoms with Gasteiger partial charge in [-0.1, -0.05) is 12.8 Å². The highest BCUT2D eigenvalue weighted by atomic mass is 32.2. The Balaban J connectivity index is 1.99. The van der Waals surface area contributed by atoms with Crippen molar-refractivity contribution in [3.8, 4) is 0 Å². The Bertz CT molecular complexity index is 473. The molecule has 1 aliphatic heterocycles. The summed E-state index contributed by atoms with van der Waals surface area (Å²) < 4.78 is 13.8. The van der Waals surface area contributed by atoms with Gasteiger partial charge in [-0.05, 0) is 38.0 Å². The smallest absolute Gasteiger partial charge is 0.235 e. The van der Waals surface area contributed by atoms with Gasteiger partial charge in [-0.15, -0.1) is 11.8 Å². The molecule has 1 saturated heterocycles. The third-order valence-corrected chi connectivity index (χ3v) is 4.67. The van der Waals surface area contributed by atoms with Gasteiger partial charge in [-0.3, -0.25) is 4.79 Å². The van der Waals surface area contributed by atoms with E-state index in [9.17, 15) is 9.18 Å². The summed E-state index contributed by atoms with van der Waals surface area (Å²) in [6, 6.07) is 4.60. The van der Waals surface area contributed by atoms with Crippen LogP contribution in [0.5, 0.6) is 0 Å². The summed E-state index contributed by atoms with van der Waals surface area (Å²) in [5.74, 6) is -0.251. The molecule has 0 bridgehead atoms. The molecule has 0 saturated carbocycles. The maximum absolute atomic E-state index is 13.8. The summed E-state index contributed by atoms with van der Waals surface area (Å²) in [5, 5.41) is -0.272. The van der Waals surface area contributed by atoms with E-state index >= 15 is 0 Å². The number of benzene rings is 1. The Morgan fingerprint density at radius 1 is 1.30 bits per heavy atom. The SMILES string of the molecule is CC(Sc1ccc(N)cc1F)C(=O)N1CCCCCC1. The molecule has 1 aromatic carbocycles. The summed E-state index contributed by atoms with van der Waals surface area (Å²) >= 11 is 1.27. The minimum Gasteiger partial charge on any atom is -0.399 e. The van der Waals surface area contributed by atoms with Crippen LogP contribution in [-0.2, 0) is 4.79 Å². The van der Waals surface area contributed by atoms with Gasteiger partial charge in [0.05, 0.1) is 5.25 Å². The number of thioether (sulfide) groups is 1. The predicted octanol–water partition coefficient (Wildman–Crippen LogP) is 3.29. The first-order chi connectivity index (χ1) is 9.58. The second-order valence-corrected chi connectivity index (χ2v) is 6.57. The second-order valence-electron chi connectivity index (χ2n) is 5.19. The Hall–Kier alpha value is -1.23. The molecule has 5 heteroatoms. The molecule has 2 N–H and O–H groups in total. The fraction of sp³-hybridized carbons (Fsp3) is 0.533. The van der Waals surface area contributed by atoms with Gasteiger partial charge in [0.2, 0.25) is 5.91 Å². The molecule has 1 amide bonds. The molecule has 1 fully saturated rings. The fourth-order valence-corrected chi connectivity index (χ4v) is 3.35. The fourth-order valence-electron chi connectivity index (χ4n) is 2.40. The van der Waals surface area contributed by atoms with Crippen LogP contribution in [0.15, 0.2) is 23.1 Å². The molecular formula is C15H21FN2OS. The van der Waals surface area contributed by atoms with Crippen LogP contribution >= 0.6 is 11.8 Å². The van der Waals surface area contributed by atoms with E-state index in [4.69, 9.17) is 5.73 Å². The van der Waals surface area contributed by atoms with Crippen LogP contribution in [0.2, 0.25) is 0 Å². The number of hydrogen-bond donors (Lipinski definition) is 1. The highest BCUT2D eigenvalue weighted by Crippen LogP contribution is 2.28. The lowest BCUT2D eigenvalue weighted by atomic mass is 10.2. The quantitative estimate of drug-likeness (QED) is 0.687.